The highest BCUT2D eigenvalue weighted by Gasteiger charge is 2.19. The van der Waals surface area contributed by atoms with Crippen LogP contribution in [0.1, 0.15) is 0 Å². The smallest absolute Gasteiger partial charge is 0.0794 e. The van der Waals surface area contributed by atoms with Gasteiger partial charge in [0.25, 0.3) is 0 Å². The highest BCUT2D eigenvalue weighted by molar-refractivity contribution is 6.21. The Hall–Kier alpha value is -7.69. The molecular formula is C53H34N4. The van der Waals surface area contributed by atoms with Gasteiger partial charge in [0.2, 0.25) is 0 Å². The van der Waals surface area contributed by atoms with E-state index in [1.165, 1.54) is 27.2 Å². The minimum atomic E-state index is 0.929. The zero-order valence-corrected chi connectivity index (χ0v) is 30.9. The molecule has 0 saturated carbocycles. The SMILES string of the molecule is c1ccc(-c2nc3c(-c4ccc(-c5cc(-c6ccccn6)cc(-c6ccccn6)c5)cc4)cccc3c3cc4c(cc23)c2ccccc2n4-c2ccccc2)cc1. The van der Waals surface area contributed by atoms with Crippen molar-refractivity contribution in [2.45, 2.75) is 0 Å². The predicted molar refractivity (Wildman–Crippen MR) is 236 cm³/mol. The molecule has 0 unspecified atom stereocenters. The van der Waals surface area contributed by atoms with Gasteiger partial charge in [-0.3, -0.25) is 9.97 Å². The second kappa shape index (κ2) is 13.6. The van der Waals surface area contributed by atoms with E-state index in [0.717, 1.165) is 78.0 Å². The van der Waals surface area contributed by atoms with Crippen LogP contribution < -0.4 is 0 Å². The molecular weight excluding hydrogens is 693 g/mol. The Kier molecular flexibility index (Phi) is 7.78. The number of hydrogen-bond donors (Lipinski definition) is 0. The topological polar surface area (TPSA) is 43.6 Å². The van der Waals surface area contributed by atoms with Gasteiger partial charge in [0.05, 0.1) is 33.6 Å². The molecule has 0 amide bonds. The lowest BCUT2D eigenvalue weighted by atomic mass is 9.93. The third-order valence-electron chi connectivity index (χ3n) is 11.1. The molecule has 266 valence electrons. The molecule has 0 bridgehead atoms. The van der Waals surface area contributed by atoms with E-state index in [1.54, 1.807) is 0 Å². The van der Waals surface area contributed by atoms with Crippen LogP contribution in [0.4, 0.5) is 0 Å². The van der Waals surface area contributed by atoms with Gasteiger partial charge in [-0.25, -0.2) is 4.98 Å². The summed E-state index contributed by atoms with van der Waals surface area (Å²) >= 11 is 0. The molecule has 0 radical (unpaired) electrons. The lowest BCUT2D eigenvalue weighted by Crippen LogP contribution is -1.95. The summed E-state index contributed by atoms with van der Waals surface area (Å²) in [4.78, 5) is 14.9. The Morgan fingerprint density at radius 2 is 0.947 bits per heavy atom. The summed E-state index contributed by atoms with van der Waals surface area (Å²) < 4.78 is 2.39. The van der Waals surface area contributed by atoms with Crippen molar-refractivity contribution < 1.29 is 0 Å². The van der Waals surface area contributed by atoms with E-state index in [1.807, 2.05) is 36.7 Å². The summed E-state index contributed by atoms with van der Waals surface area (Å²) in [6.45, 7) is 0. The standard InChI is InChI=1S/C53H34N4/c1-3-14-37(15-4-1)52-47-33-46-43-18-7-8-23-50(43)57(41-16-5-2-6-17-41)51(46)34-45(47)44-20-13-19-42(53(44)56-52)36-26-24-35(25-27-36)38-30-39(48-21-9-11-28-54-48)32-40(31-38)49-22-10-12-29-55-49/h1-34H. The van der Waals surface area contributed by atoms with Gasteiger partial charge in [-0.2, -0.15) is 0 Å². The van der Waals surface area contributed by atoms with E-state index in [4.69, 9.17) is 4.98 Å². The van der Waals surface area contributed by atoms with Crippen molar-refractivity contribution in [1.82, 2.24) is 19.5 Å². The quantitative estimate of drug-likeness (QED) is 0.160. The highest BCUT2D eigenvalue weighted by atomic mass is 15.0. The van der Waals surface area contributed by atoms with Crippen molar-refractivity contribution in [2.75, 3.05) is 0 Å². The number of pyridine rings is 3. The van der Waals surface area contributed by atoms with Crippen LogP contribution in [0.2, 0.25) is 0 Å². The summed E-state index contributed by atoms with van der Waals surface area (Å²) in [5.41, 5.74) is 15.0. The molecule has 11 rings (SSSR count). The monoisotopic (exact) mass is 726 g/mol. The highest BCUT2D eigenvalue weighted by Crippen LogP contribution is 2.42. The van der Waals surface area contributed by atoms with Crippen LogP contribution in [0.3, 0.4) is 0 Å². The third-order valence-corrected chi connectivity index (χ3v) is 11.1. The molecule has 0 spiro atoms. The van der Waals surface area contributed by atoms with Crippen molar-refractivity contribution in [3.8, 4) is 61.7 Å². The summed E-state index contributed by atoms with van der Waals surface area (Å²) in [6, 6.07) is 68.9. The predicted octanol–water partition coefficient (Wildman–Crippen LogP) is 13.6. The van der Waals surface area contributed by atoms with Gasteiger partial charge in [-0.05, 0) is 94.9 Å². The van der Waals surface area contributed by atoms with E-state index in [0.29, 0.717) is 0 Å². The van der Waals surface area contributed by atoms with E-state index < -0.39 is 0 Å². The van der Waals surface area contributed by atoms with Crippen LogP contribution in [0.25, 0.3) is 105 Å². The number of aromatic nitrogens is 4. The van der Waals surface area contributed by atoms with Crippen molar-refractivity contribution in [2.24, 2.45) is 0 Å². The second-order valence-electron chi connectivity index (χ2n) is 14.4. The molecule has 0 aliphatic heterocycles. The molecule has 0 saturated heterocycles. The Balaban J connectivity index is 1.11. The molecule has 0 N–H and O–H groups in total. The fraction of sp³-hybridized carbons (Fsp3) is 0. The number of rotatable bonds is 6. The maximum Gasteiger partial charge on any atom is 0.0794 e. The lowest BCUT2D eigenvalue weighted by Gasteiger charge is -2.15. The van der Waals surface area contributed by atoms with Gasteiger partial charge in [0, 0.05) is 61.9 Å². The summed E-state index contributed by atoms with van der Waals surface area (Å²) in [7, 11) is 0. The zero-order valence-electron chi connectivity index (χ0n) is 30.9. The van der Waals surface area contributed by atoms with Crippen LogP contribution in [0.5, 0.6) is 0 Å². The van der Waals surface area contributed by atoms with E-state index in [9.17, 15) is 0 Å². The number of benzene rings is 7. The molecule has 11 aromatic rings. The molecule has 0 fully saturated rings. The van der Waals surface area contributed by atoms with Crippen LogP contribution in [-0.2, 0) is 0 Å². The van der Waals surface area contributed by atoms with E-state index >= 15 is 0 Å². The third kappa shape index (κ3) is 5.66. The van der Waals surface area contributed by atoms with Crippen molar-refractivity contribution >= 4 is 43.5 Å². The average molecular weight is 727 g/mol. The molecule has 0 atom stereocenters. The van der Waals surface area contributed by atoms with Gasteiger partial charge in [-0.1, -0.05) is 121 Å². The average Bonchev–Trinajstić information content (AvgIpc) is 3.62. The van der Waals surface area contributed by atoms with E-state index in [2.05, 4.69) is 184 Å². The summed E-state index contributed by atoms with van der Waals surface area (Å²) in [5, 5.41) is 5.88. The summed E-state index contributed by atoms with van der Waals surface area (Å²) in [6.07, 6.45) is 3.68. The lowest BCUT2D eigenvalue weighted by molar-refractivity contribution is 1.18. The molecule has 7 aromatic carbocycles. The fourth-order valence-electron chi connectivity index (χ4n) is 8.39. The van der Waals surface area contributed by atoms with Crippen LogP contribution in [0, 0.1) is 0 Å². The maximum atomic E-state index is 5.55. The fourth-order valence-corrected chi connectivity index (χ4v) is 8.39. The largest absolute Gasteiger partial charge is 0.309 e. The number of para-hydroxylation sites is 3. The molecule has 4 heterocycles. The Morgan fingerprint density at radius 3 is 1.65 bits per heavy atom. The Morgan fingerprint density at radius 1 is 0.333 bits per heavy atom. The van der Waals surface area contributed by atoms with Gasteiger partial charge < -0.3 is 4.57 Å². The Bertz CT molecular complexity index is 3190. The number of fused-ring (bicyclic) bond motifs is 6. The minimum absolute atomic E-state index is 0.929. The van der Waals surface area contributed by atoms with Crippen LogP contribution in [0.15, 0.2) is 207 Å². The first-order valence-electron chi connectivity index (χ1n) is 19.3. The summed E-state index contributed by atoms with van der Waals surface area (Å²) in [5.74, 6) is 0. The van der Waals surface area contributed by atoms with Gasteiger partial charge in [-0.15, -0.1) is 0 Å². The van der Waals surface area contributed by atoms with Gasteiger partial charge in [0.15, 0.2) is 0 Å². The first-order chi connectivity index (χ1) is 28.3. The van der Waals surface area contributed by atoms with Crippen molar-refractivity contribution in [1.29, 1.82) is 0 Å². The first-order valence-corrected chi connectivity index (χ1v) is 19.3. The molecule has 57 heavy (non-hydrogen) atoms. The molecule has 0 aliphatic carbocycles. The van der Waals surface area contributed by atoms with Crippen LogP contribution >= 0.6 is 0 Å². The Labute approximate surface area is 330 Å². The molecule has 4 heteroatoms. The second-order valence-corrected chi connectivity index (χ2v) is 14.4. The minimum Gasteiger partial charge on any atom is -0.309 e. The normalized spacial score (nSPS) is 11.5. The maximum absolute atomic E-state index is 5.55. The van der Waals surface area contributed by atoms with Gasteiger partial charge in [0.1, 0.15) is 0 Å². The molecule has 4 aromatic heterocycles. The number of hydrogen-bond acceptors (Lipinski definition) is 3. The van der Waals surface area contributed by atoms with Crippen molar-refractivity contribution in [3.05, 3.63) is 207 Å². The van der Waals surface area contributed by atoms with Gasteiger partial charge >= 0.3 is 0 Å². The van der Waals surface area contributed by atoms with Crippen molar-refractivity contribution in [3.63, 3.8) is 0 Å². The zero-order chi connectivity index (χ0) is 37.7. The van der Waals surface area contributed by atoms with Crippen LogP contribution in [-0.4, -0.2) is 19.5 Å². The molecule has 0 aliphatic rings. The number of nitrogens with zero attached hydrogens (tertiary/aromatic N) is 4. The first kappa shape index (κ1) is 32.7. The molecule has 4 nitrogen and oxygen atoms in total. The van der Waals surface area contributed by atoms with E-state index in [-0.39, 0.29) is 0 Å².